The van der Waals surface area contributed by atoms with Gasteiger partial charge in [0.15, 0.2) is 0 Å². The zero-order valence-electron chi connectivity index (χ0n) is 47.8. The SMILES string of the molecule is CC1CN1C(=O)OCCOCCOCCOCCOCCOCCOCCOCCOCCOCCOCCOCCOCCOCCOCCOCCOCCOCCOCCOCCOCCOCCOC(=O)N1CC1C. The molecule has 27 nitrogen and oxygen atoms in total. The van der Waals surface area contributed by atoms with Crippen molar-refractivity contribution < 1.29 is 119 Å². The Bertz CT molecular complexity index is 1200. The summed E-state index contributed by atoms with van der Waals surface area (Å²) in [5.41, 5.74) is 0. The van der Waals surface area contributed by atoms with E-state index >= 15 is 0 Å². The fourth-order valence-corrected chi connectivity index (χ4v) is 6.03. The Morgan fingerprint density at radius 1 is 0.215 bits per heavy atom. The van der Waals surface area contributed by atoms with Gasteiger partial charge >= 0.3 is 12.2 Å². The van der Waals surface area contributed by atoms with Crippen LogP contribution >= 0.6 is 0 Å². The number of nitrogens with zero attached hydrogens (tertiary/aromatic N) is 2. The molecule has 0 N–H and O–H groups in total. The molecule has 2 aliphatic heterocycles. The fraction of sp³-hybridized carbons (Fsp3) is 0.962. The van der Waals surface area contributed by atoms with Gasteiger partial charge < -0.3 is 119 Å². The number of rotatable bonds is 66. The van der Waals surface area contributed by atoms with Crippen molar-refractivity contribution in [2.45, 2.75) is 25.9 Å². The van der Waals surface area contributed by atoms with Crippen LogP contribution in [0.5, 0.6) is 0 Å². The highest BCUT2D eigenvalue weighted by molar-refractivity contribution is 5.71. The van der Waals surface area contributed by atoms with Gasteiger partial charge in [-0.25, -0.2) is 9.59 Å². The van der Waals surface area contributed by atoms with Crippen LogP contribution in [0.15, 0.2) is 0 Å². The molecule has 0 aromatic rings. The molecule has 27 heteroatoms. The molecule has 2 aliphatic rings. The summed E-state index contributed by atoms with van der Waals surface area (Å²) in [6, 6.07) is 0.573. The van der Waals surface area contributed by atoms with Crippen molar-refractivity contribution in [3.8, 4) is 0 Å². The molecule has 2 fully saturated rings. The lowest BCUT2D eigenvalue weighted by Gasteiger charge is -2.09. The predicted molar refractivity (Wildman–Crippen MR) is 282 cm³/mol. The number of hydrogen-bond donors (Lipinski definition) is 0. The van der Waals surface area contributed by atoms with E-state index in [9.17, 15) is 9.59 Å². The van der Waals surface area contributed by atoms with Gasteiger partial charge in [0.05, 0.1) is 290 Å². The minimum atomic E-state index is -0.283. The normalized spacial score (nSPS) is 14.9. The molecular weight excluding hydrogens is 1050 g/mol. The van der Waals surface area contributed by atoms with Gasteiger partial charge in [-0.15, -0.1) is 0 Å². The molecule has 2 atom stereocenters. The molecular formula is C52H100N2O25. The number of carbonyl (C=O) groups is 2. The van der Waals surface area contributed by atoms with Crippen LogP contribution in [-0.4, -0.2) is 338 Å². The summed E-state index contributed by atoms with van der Waals surface area (Å²) in [6.07, 6.45) is -0.565. The highest BCUT2D eigenvalue weighted by Crippen LogP contribution is 2.17. The van der Waals surface area contributed by atoms with E-state index in [1.165, 1.54) is 0 Å². The monoisotopic (exact) mass is 1150 g/mol. The number of ether oxygens (including phenoxy) is 23. The summed E-state index contributed by atoms with van der Waals surface area (Å²) in [5.74, 6) is 0. The standard InChI is InChI=1S/C52H100N2O25/c1-49-47-53(49)51(55)78-45-43-76-41-39-74-37-35-72-33-31-70-29-27-68-25-23-66-21-19-64-17-15-62-13-11-60-9-7-58-5-3-57-4-6-59-8-10-61-12-14-63-16-18-65-20-22-67-24-26-69-28-30-71-32-34-73-36-38-75-40-42-77-44-46-79-52(56)54-48-50(54)2/h49-50H,3-48H2,1-2H3. The second-order valence-corrected chi connectivity index (χ2v) is 17.1. The first-order valence-corrected chi connectivity index (χ1v) is 28.1. The molecule has 468 valence electrons. The first kappa shape index (κ1) is 72.8. The molecule has 79 heavy (non-hydrogen) atoms. The van der Waals surface area contributed by atoms with E-state index in [4.69, 9.17) is 109 Å². The van der Waals surface area contributed by atoms with Crippen molar-refractivity contribution in [2.75, 3.05) is 304 Å². The Hall–Kier alpha value is -2.30. The third-order valence-electron chi connectivity index (χ3n) is 10.5. The van der Waals surface area contributed by atoms with E-state index in [0.717, 1.165) is 13.1 Å². The predicted octanol–water partition coefficient (Wildman–Crippen LogP) is 1.02. The fourth-order valence-electron chi connectivity index (χ4n) is 6.03. The van der Waals surface area contributed by atoms with Crippen LogP contribution < -0.4 is 0 Å². The van der Waals surface area contributed by atoms with E-state index in [1.807, 2.05) is 13.8 Å². The first-order chi connectivity index (χ1) is 39.1. The van der Waals surface area contributed by atoms with Crippen molar-refractivity contribution in [3.63, 3.8) is 0 Å². The van der Waals surface area contributed by atoms with E-state index in [1.54, 1.807) is 9.80 Å². The Kier molecular flexibility index (Phi) is 54.3. The topological polar surface area (TPSA) is 252 Å². The molecule has 0 saturated carbocycles. The lowest BCUT2D eigenvalue weighted by atomic mass is 10.6. The lowest BCUT2D eigenvalue weighted by molar-refractivity contribution is -0.0317. The zero-order chi connectivity index (χ0) is 56.3. The Labute approximate surface area is 469 Å². The summed E-state index contributed by atoms with van der Waals surface area (Å²) in [4.78, 5) is 26.4. The van der Waals surface area contributed by atoms with Gasteiger partial charge in [-0.3, -0.25) is 0 Å². The zero-order valence-corrected chi connectivity index (χ0v) is 47.8. The van der Waals surface area contributed by atoms with Crippen LogP contribution in [0.4, 0.5) is 9.59 Å². The van der Waals surface area contributed by atoms with Crippen LogP contribution in [0, 0.1) is 0 Å². The highest BCUT2D eigenvalue weighted by atomic mass is 16.6. The Balaban J connectivity index is 1.08. The van der Waals surface area contributed by atoms with Gasteiger partial charge in [0.1, 0.15) is 13.2 Å². The van der Waals surface area contributed by atoms with Crippen LogP contribution in [0.25, 0.3) is 0 Å². The van der Waals surface area contributed by atoms with Crippen LogP contribution in [0.1, 0.15) is 13.8 Å². The van der Waals surface area contributed by atoms with Crippen molar-refractivity contribution in [1.29, 1.82) is 0 Å². The third kappa shape index (κ3) is 53.5. The molecule has 2 rings (SSSR count). The molecule has 0 aliphatic carbocycles. The molecule has 0 spiro atoms. The van der Waals surface area contributed by atoms with Gasteiger partial charge in [-0.05, 0) is 13.8 Å². The van der Waals surface area contributed by atoms with Crippen molar-refractivity contribution in [2.24, 2.45) is 0 Å². The number of hydrogen-bond acceptors (Lipinski definition) is 25. The van der Waals surface area contributed by atoms with Crippen LogP contribution in [0.3, 0.4) is 0 Å². The molecule has 2 unspecified atom stereocenters. The minimum Gasteiger partial charge on any atom is -0.447 e. The van der Waals surface area contributed by atoms with E-state index < -0.39 is 0 Å². The molecule has 0 aromatic heterocycles. The van der Waals surface area contributed by atoms with Gasteiger partial charge in [0.2, 0.25) is 0 Å². The second kappa shape index (κ2) is 58.9. The molecule has 0 aromatic carbocycles. The number of amides is 2. The van der Waals surface area contributed by atoms with Gasteiger partial charge in [0, 0.05) is 13.1 Å². The maximum absolute atomic E-state index is 11.5. The average molecular weight is 1150 g/mol. The smallest absolute Gasteiger partial charge is 0.410 e. The number of carbonyl (C=O) groups excluding carboxylic acids is 2. The maximum atomic E-state index is 11.5. The lowest BCUT2D eigenvalue weighted by Crippen LogP contribution is -2.18. The van der Waals surface area contributed by atoms with Crippen LogP contribution in [-0.2, 0) is 109 Å². The largest absolute Gasteiger partial charge is 0.447 e. The summed E-state index contributed by atoms with van der Waals surface area (Å²) >= 11 is 0. The molecule has 0 radical (unpaired) electrons. The van der Waals surface area contributed by atoms with E-state index in [0.29, 0.717) is 277 Å². The van der Waals surface area contributed by atoms with Crippen molar-refractivity contribution in [1.82, 2.24) is 9.80 Å². The summed E-state index contributed by atoms with van der Waals surface area (Å²) in [5, 5.41) is 0. The molecule has 2 saturated heterocycles. The van der Waals surface area contributed by atoms with Crippen molar-refractivity contribution >= 4 is 12.2 Å². The van der Waals surface area contributed by atoms with Crippen LogP contribution in [0.2, 0.25) is 0 Å². The summed E-state index contributed by atoms with van der Waals surface area (Å²) in [6.45, 7) is 25.7. The quantitative estimate of drug-likeness (QED) is 0.0609. The molecule has 2 heterocycles. The summed E-state index contributed by atoms with van der Waals surface area (Å²) in [7, 11) is 0. The second-order valence-electron chi connectivity index (χ2n) is 17.1. The molecule has 2 amide bonds. The van der Waals surface area contributed by atoms with E-state index in [2.05, 4.69) is 0 Å². The Morgan fingerprint density at radius 3 is 0.392 bits per heavy atom. The third-order valence-corrected chi connectivity index (χ3v) is 10.5. The van der Waals surface area contributed by atoms with Gasteiger partial charge in [-0.1, -0.05) is 0 Å². The highest BCUT2D eigenvalue weighted by Gasteiger charge is 2.36. The van der Waals surface area contributed by atoms with E-state index in [-0.39, 0.29) is 37.5 Å². The first-order valence-electron chi connectivity index (χ1n) is 28.1. The van der Waals surface area contributed by atoms with Crippen molar-refractivity contribution in [3.05, 3.63) is 0 Å². The molecule has 0 bridgehead atoms. The minimum absolute atomic E-state index is 0.242. The average Bonchev–Trinajstić information content (AvgIpc) is 4.39. The summed E-state index contributed by atoms with van der Waals surface area (Å²) < 4.78 is 125. The maximum Gasteiger partial charge on any atom is 0.410 e. The Morgan fingerprint density at radius 2 is 0.304 bits per heavy atom. The van der Waals surface area contributed by atoms with Gasteiger partial charge in [0.25, 0.3) is 0 Å². The van der Waals surface area contributed by atoms with Gasteiger partial charge in [-0.2, -0.15) is 0 Å².